The Morgan fingerprint density at radius 3 is 2.62 bits per heavy atom. The van der Waals surface area contributed by atoms with Gasteiger partial charge in [0.1, 0.15) is 5.76 Å². The lowest BCUT2D eigenvalue weighted by Gasteiger charge is -2.39. The summed E-state index contributed by atoms with van der Waals surface area (Å²) in [6, 6.07) is 13.9. The van der Waals surface area contributed by atoms with E-state index in [1.807, 2.05) is 36.4 Å². The van der Waals surface area contributed by atoms with E-state index < -0.39 is 5.41 Å². The SMILES string of the molecule is CC1CCC(=Cc2ccco2)C(=O)C1(C)c1ccccc1. The van der Waals surface area contributed by atoms with Crippen LogP contribution in [0.5, 0.6) is 0 Å². The van der Waals surface area contributed by atoms with Crippen LogP contribution in [0.4, 0.5) is 0 Å². The van der Waals surface area contributed by atoms with E-state index in [1.54, 1.807) is 6.26 Å². The van der Waals surface area contributed by atoms with Gasteiger partial charge < -0.3 is 4.42 Å². The van der Waals surface area contributed by atoms with Crippen LogP contribution in [0, 0.1) is 5.92 Å². The van der Waals surface area contributed by atoms with E-state index in [1.165, 1.54) is 0 Å². The van der Waals surface area contributed by atoms with Gasteiger partial charge in [-0.05, 0) is 55.0 Å². The van der Waals surface area contributed by atoms with Gasteiger partial charge in [-0.3, -0.25) is 4.79 Å². The standard InChI is InChI=1S/C19H20O2/c1-14-10-11-15(13-17-9-6-12-21-17)18(20)19(14,2)16-7-4-3-5-8-16/h3-9,12-14H,10-11H2,1-2H3. The molecule has 1 aromatic heterocycles. The maximum atomic E-state index is 13.1. The van der Waals surface area contributed by atoms with Crippen LogP contribution < -0.4 is 0 Å². The Bertz CT molecular complexity index is 652. The monoisotopic (exact) mass is 280 g/mol. The van der Waals surface area contributed by atoms with Crippen LogP contribution in [0.25, 0.3) is 6.08 Å². The lowest BCUT2D eigenvalue weighted by molar-refractivity contribution is -0.123. The molecule has 2 atom stereocenters. The van der Waals surface area contributed by atoms with E-state index in [-0.39, 0.29) is 5.78 Å². The second kappa shape index (κ2) is 5.36. The number of Topliss-reactive ketones (excluding diaryl/α,β-unsaturated/α-hetero) is 1. The molecule has 0 amide bonds. The molecule has 2 aromatic rings. The van der Waals surface area contributed by atoms with Crippen molar-refractivity contribution in [3.05, 3.63) is 65.6 Å². The van der Waals surface area contributed by atoms with E-state index in [0.29, 0.717) is 5.92 Å². The minimum atomic E-state index is -0.446. The molecule has 0 saturated heterocycles. The van der Waals surface area contributed by atoms with E-state index >= 15 is 0 Å². The molecule has 2 unspecified atom stereocenters. The van der Waals surface area contributed by atoms with Gasteiger partial charge in [-0.25, -0.2) is 0 Å². The number of carbonyl (C=O) groups excluding carboxylic acids is 1. The summed E-state index contributed by atoms with van der Waals surface area (Å²) in [6.45, 7) is 4.25. The summed E-state index contributed by atoms with van der Waals surface area (Å²) in [7, 11) is 0. The number of rotatable bonds is 2. The van der Waals surface area contributed by atoms with Crippen molar-refractivity contribution >= 4 is 11.9 Å². The third-order valence-electron chi connectivity index (χ3n) is 4.83. The minimum Gasteiger partial charge on any atom is -0.465 e. The summed E-state index contributed by atoms with van der Waals surface area (Å²) in [4.78, 5) is 13.1. The van der Waals surface area contributed by atoms with Gasteiger partial charge in [-0.1, -0.05) is 37.3 Å². The number of carbonyl (C=O) groups is 1. The quantitative estimate of drug-likeness (QED) is 0.751. The molecule has 108 valence electrons. The second-order valence-electron chi connectivity index (χ2n) is 6.02. The van der Waals surface area contributed by atoms with Gasteiger partial charge in [0.2, 0.25) is 0 Å². The van der Waals surface area contributed by atoms with Crippen molar-refractivity contribution in [2.24, 2.45) is 5.92 Å². The molecule has 3 rings (SSSR count). The van der Waals surface area contributed by atoms with Crippen LogP contribution in [0.3, 0.4) is 0 Å². The van der Waals surface area contributed by atoms with Crippen molar-refractivity contribution in [1.82, 2.24) is 0 Å². The summed E-state index contributed by atoms with van der Waals surface area (Å²) in [5.41, 5.74) is 1.53. The predicted octanol–water partition coefficient (Wildman–Crippen LogP) is 4.62. The molecule has 1 fully saturated rings. The largest absolute Gasteiger partial charge is 0.465 e. The highest BCUT2D eigenvalue weighted by Crippen LogP contribution is 2.43. The molecule has 2 heteroatoms. The predicted molar refractivity (Wildman–Crippen MR) is 83.9 cm³/mol. The highest BCUT2D eigenvalue weighted by atomic mass is 16.3. The highest BCUT2D eigenvalue weighted by Gasteiger charge is 2.44. The Hall–Kier alpha value is -2.09. The molecule has 1 aliphatic carbocycles. The van der Waals surface area contributed by atoms with Gasteiger partial charge >= 0.3 is 0 Å². The zero-order valence-electron chi connectivity index (χ0n) is 12.5. The minimum absolute atomic E-state index is 0.226. The fourth-order valence-corrected chi connectivity index (χ4v) is 3.21. The van der Waals surface area contributed by atoms with Gasteiger partial charge in [0.05, 0.1) is 11.7 Å². The highest BCUT2D eigenvalue weighted by molar-refractivity contribution is 6.07. The van der Waals surface area contributed by atoms with E-state index in [2.05, 4.69) is 26.0 Å². The zero-order valence-corrected chi connectivity index (χ0v) is 12.5. The number of furan rings is 1. The summed E-state index contributed by atoms with van der Waals surface area (Å²) >= 11 is 0. The van der Waals surface area contributed by atoms with Crippen molar-refractivity contribution in [3.63, 3.8) is 0 Å². The first-order chi connectivity index (χ1) is 10.1. The number of allylic oxidation sites excluding steroid dienone is 1. The van der Waals surface area contributed by atoms with Crippen molar-refractivity contribution in [3.8, 4) is 0 Å². The van der Waals surface area contributed by atoms with Crippen LogP contribution in [-0.4, -0.2) is 5.78 Å². The maximum absolute atomic E-state index is 13.1. The molecule has 1 heterocycles. The molecule has 0 aliphatic heterocycles. The average molecular weight is 280 g/mol. The summed E-state index contributed by atoms with van der Waals surface area (Å²) in [6.07, 6.45) is 5.38. The zero-order chi connectivity index (χ0) is 14.9. The van der Waals surface area contributed by atoms with Crippen molar-refractivity contribution in [2.75, 3.05) is 0 Å². The molecule has 0 N–H and O–H groups in total. The van der Waals surface area contributed by atoms with E-state index in [4.69, 9.17) is 4.42 Å². The van der Waals surface area contributed by atoms with Crippen LogP contribution in [-0.2, 0) is 10.2 Å². The summed E-state index contributed by atoms with van der Waals surface area (Å²) in [5, 5.41) is 0. The Kier molecular flexibility index (Phi) is 3.54. The third-order valence-corrected chi connectivity index (χ3v) is 4.83. The van der Waals surface area contributed by atoms with Crippen LogP contribution in [0.15, 0.2) is 58.7 Å². The Morgan fingerprint density at radius 1 is 1.19 bits per heavy atom. The van der Waals surface area contributed by atoms with Gasteiger partial charge in [0.25, 0.3) is 0 Å². The van der Waals surface area contributed by atoms with Crippen LogP contribution in [0.1, 0.15) is 38.0 Å². The fourth-order valence-electron chi connectivity index (χ4n) is 3.21. The first kappa shape index (κ1) is 13.9. The maximum Gasteiger partial charge on any atom is 0.169 e. The molecule has 1 aliphatic rings. The van der Waals surface area contributed by atoms with Crippen molar-refractivity contribution < 1.29 is 9.21 Å². The molecule has 0 spiro atoms. The van der Waals surface area contributed by atoms with Crippen LogP contribution >= 0.6 is 0 Å². The topological polar surface area (TPSA) is 30.2 Å². The summed E-state index contributed by atoms with van der Waals surface area (Å²) in [5.74, 6) is 1.31. The Morgan fingerprint density at radius 2 is 1.95 bits per heavy atom. The number of hydrogen-bond acceptors (Lipinski definition) is 2. The second-order valence-corrected chi connectivity index (χ2v) is 6.02. The van der Waals surface area contributed by atoms with Gasteiger partial charge in [0.15, 0.2) is 5.78 Å². The first-order valence-electron chi connectivity index (χ1n) is 7.47. The summed E-state index contributed by atoms with van der Waals surface area (Å²) < 4.78 is 5.36. The Labute approximate surface area is 125 Å². The smallest absolute Gasteiger partial charge is 0.169 e. The molecule has 0 bridgehead atoms. The Balaban J connectivity index is 2.02. The van der Waals surface area contributed by atoms with E-state index in [9.17, 15) is 4.79 Å². The average Bonchev–Trinajstić information content (AvgIpc) is 3.02. The van der Waals surface area contributed by atoms with Crippen molar-refractivity contribution in [2.45, 2.75) is 32.1 Å². The molecule has 1 saturated carbocycles. The lowest BCUT2D eigenvalue weighted by atomic mass is 9.62. The first-order valence-corrected chi connectivity index (χ1v) is 7.47. The fraction of sp³-hybridized carbons (Fsp3) is 0.316. The normalized spacial score (nSPS) is 28.0. The molecule has 0 radical (unpaired) electrons. The number of hydrogen-bond donors (Lipinski definition) is 0. The van der Waals surface area contributed by atoms with E-state index in [0.717, 1.165) is 29.7 Å². The molecule has 2 nitrogen and oxygen atoms in total. The van der Waals surface area contributed by atoms with Crippen LogP contribution in [0.2, 0.25) is 0 Å². The number of ketones is 1. The molecular weight excluding hydrogens is 260 g/mol. The lowest BCUT2D eigenvalue weighted by Crippen LogP contribution is -2.43. The molecule has 1 aromatic carbocycles. The molecular formula is C19H20O2. The van der Waals surface area contributed by atoms with Gasteiger partial charge in [-0.2, -0.15) is 0 Å². The molecule has 21 heavy (non-hydrogen) atoms. The number of benzene rings is 1. The third kappa shape index (κ3) is 2.35. The van der Waals surface area contributed by atoms with Gasteiger partial charge in [0, 0.05) is 0 Å². The van der Waals surface area contributed by atoms with Gasteiger partial charge in [-0.15, -0.1) is 0 Å². The van der Waals surface area contributed by atoms with Crippen molar-refractivity contribution in [1.29, 1.82) is 0 Å².